The molecule has 0 aromatic heterocycles. The van der Waals surface area contributed by atoms with Gasteiger partial charge in [-0.25, -0.2) is 0 Å². The van der Waals surface area contributed by atoms with E-state index in [2.05, 4.69) is 25.7 Å². The molecule has 3 nitrogen and oxygen atoms in total. The highest BCUT2D eigenvalue weighted by Gasteiger charge is 2.13. The van der Waals surface area contributed by atoms with E-state index >= 15 is 0 Å². The minimum Gasteiger partial charge on any atom is -0.393 e. The van der Waals surface area contributed by atoms with Crippen LogP contribution in [0.4, 0.5) is 0 Å². The van der Waals surface area contributed by atoms with Crippen molar-refractivity contribution in [2.24, 2.45) is 11.1 Å². The van der Waals surface area contributed by atoms with Crippen LogP contribution in [-0.4, -0.2) is 43.2 Å². The van der Waals surface area contributed by atoms with E-state index in [4.69, 9.17) is 22.7 Å². The minimum atomic E-state index is 0.370. The molecule has 0 fully saturated rings. The summed E-state index contributed by atoms with van der Waals surface area (Å²) >= 11 is 4.90. The van der Waals surface area contributed by atoms with Crippen LogP contribution in [0.3, 0.4) is 0 Å². The smallest absolute Gasteiger partial charge is 0.0740 e. The van der Waals surface area contributed by atoms with Crippen molar-refractivity contribution < 1.29 is 4.74 Å². The number of thiocarbonyl (C=S) groups is 1. The molecule has 4 heteroatoms. The summed E-state index contributed by atoms with van der Waals surface area (Å²) in [5.41, 5.74) is 5.89. The summed E-state index contributed by atoms with van der Waals surface area (Å²) in [6.07, 6.45) is 1.97. The van der Waals surface area contributed by atoms with Gasteiger partial charge in [-0.05, 0) is 18.4 Å². The summed E-state index contributed by atoms with van der Waals surface area (Å²) < 4.78 is 5.11. The molecule has 0 saturated heterocycles. The molecular weight excluding hydrogens is 220 g/mol. The second-order valence-corrected chi connectivity index (χ2v) is 5.89. The van der Waals surface area contributed by atoms with Crippen LogP contribution in [0.5, 0.6) is 0 Å². The van der Waals surface area contributed by atoms with Gasteiger partial charge >= 0.3 is 0 Å². The fourth-order valence-corrected chi connectivity index (χ4v) is 1.41. The zero-order valence-electron chi connectivity index (χ0n) is 11.1. The quantitative estimate of drug-likeness (QED) is 0.665. The highest BCUT2D eigenvalue weighted by molar-refractivity contribution is 7.80. The van der Waals surface area contributed by atoms with Crippen molar-refractivity contribution in [3.8, 4) is 0 Å². The molecule has 0 radical (unpaired) electrons. The lowest BCUT2D eigenvalue weighted by Gasteiger charge is -2.26. The third-order valence-electron chi connectivity index (χ3n) is 2.46. The highest BCUT2D eigenvalue weighted by Crippen LogP contribution is 2.18. The molecule has 0 atom stereocenters. The van der Waals surface area contributed by atoms with Crippen molar-refractivity contribution >= 4 is 17.2 Å². The van der Waals surface area contributed by atoms with Gasteiger partial charge in [0.15, 0.2) is 0 Å². The number of nitrogens with zero attached hydrogens (tertiary/aromatic N) is 1. The fraction of sp³-hybridized carbons (Fsp3) is 0.917. The van der Waals surface area contributed by atoms with E-state index in [1.807, 2.05) is 0 Å². The molecule has 0 aromatic rings. The summed E-state index contributed by atoms with van der Waals surface area (Å²) in [4.78, 5) is 2.96. The average molecular weight is 246 g/mol. The molecule has 0 rings (SSSR count). The van der Waals surface area contributed by atoms with E-state index in [1.165, 1.54) is 6.42 Å². The van der Waals surface area contributed by atoms with Gasteiger partial charge in [0.25, 0.3) is 0 Å². The number of nitrogens with two attached hydrogens (primary N) is 1. The number of rotatable bonds is 8. The van der Waals surface area contributed by atoms with Gasteiger partial charge in [0.2, 0.25) is 0 Å². The molecule has 16 heavy (non-hydrogen) atoms. The maximum absolute atomic E-state index is 5.52. The zero-order valence-corrected chi connectivity index (χ0v) is 11.9. The Balaban J connectivity index is 3.94. The van der Waals surface area contributed by atoms with Crippen molar-refractivity contribution in [1.82, 2.24) is 4.90 Å². The summed E-state index contributed by atoms with van der Waals surface area (Å²) in [6, 6.07) is 0. The molecule has 0 unspecified atom stereocenters. The standard InChI is InChI=1S/C12H26N2OS/c1-12(2,3)6-8-14(9-10-15-4)7-5-11(13)16/h5-10H2,1-4H3,(H2,13,16). The molecule has 96 valence electrons. The Kier molecular flexibility index (Phi) is 7.89. The lowest BCUT2D eigenvalue weighted by molar-refractivity contribution is 0.140. The molecule has 0 aliphatic rings. The van der Waals surface area contributed by atoms with E-state index in [0.717, 1.165) is 32.7 Å². The van der Waals surface area contributed by atoms with Crippen molar-refractivity contribution in [3.63, 3.8) is 0 Å². The summed E-state index contributed by atoms with van der Waals surface area (Å²) in [6.45, 7) is 10.5. The van der Waals surface area contributed by atoms with Crippen LogP contribution in [0.2, 0.25) is 0 Å². The normalized spacial score (nSPS) is 12.1. The Morgan fingerprint density at radius 3 is 2.31 bits per heavy atom. The topological polar surface area (TPSA) is 38.5 Å². The minimum absolute atomic E-state index is 0.370. The molecule has 0 aliphatic heterocycles. The number of hydrogen-bond donors (Lipinski definition) is 1. The summed E-state index contributed by atoms with van der Waals surface area (Å²) in [5, 5.41) is 0. The van der Waals surface area contributed by atoms with Gasteiger partial charge in [0, 0.05) is 26.6 Å². The van der Waals surface area contributed by atoms with Gasteiger partial charge in [-0.2, -0.15) is 0 Å². The van der Waals surface area contributed by atoms with E-state index < -0.39 is 0 Å². The van der Waals surface area contributed by atoms with E-state index in [0.29, 0.717) is 10.4 Å². The van der Waals surface area contributed by atoms with Crippen LogP contribution in [0, 0.1) is 5.41 Å². The molecule has 2 N–H and O–H groups in total. The van der Waals surface area contributed by atoms with Crippen LogP contribution in [-0.2, 0) is 4.74 Å². The van der Waals surface area contributed by atoms with Crippen LogP contribution >= 0.6 is 12.2 Å². The lowest BCUT2D eigenvalue weighted by atomic mass is 9.92. The Labute approximate surface area is 105 Å². The van der Waals surface area contributed by atoms with Crippen molar-refractivity contribution in [3.05, 3.63) is 0 Å². The maximum atomic E-state index is 5.52. The van der Waals surface area contributed by atoms with E-state index in [9.17, 15) is 0 Å². The maximum Gasteiger partial charge on any atom is 0.0740 e. The molecule has 0 spiro atoms. The predicted octanol–water partition coefficient (Wildman–Crippen LogP) is 2.05. The van der Waals surface area contributed by atoms with Crippen LogP contribution in [0.25, 0.3) is 0 Å². The van der Waals surface area contributed by atoms with Gasteiger partial charge in [-0.3, -0.25) is 0 Å². The number of ether oxygens (including phenoxy) is 1. The molecule has 0 bridgehead atoms. The summed E-state index contributed by atoms with van der Waals surface area (Å²) in [5.74, 6) is 0. The Hall–Kier alpha value is -0.190. The van der Waals surface area contributed by atoms with Gasteiger partial charge < -0.3 is 15.4 Å². The average Bonchev–Trinajstić information content (AvgIpc) is 2.15. The fourth-order valence-electron chi connectivity index (χ4n) is 1.32. The first-order chi connectivity index (χ1) is 7.35. The molecule has 0 amide bonds. The van der Waals surface area contributed by atoms with Crippen LogP contribution < -0.4 is 5.73 Å². The monoisotopic (exact) mass is 246 g/mol. The van der Waals surface area contributed by atoms with Gasteiger partial charge in [-0.1, -0.05) is 33.0 Å². The Bertz CT molecular complexity index is 202. The SMILES string of the molecule is COCCN(CCC(N)=S)CCC(C)(C)C. The van der Waals surface area contributed by atoms with Crippen LogP contribution in [0.1, 0.15) is 33.6 Å². The van der Waals surface area contributed by atoms with Crippen molar-refractivity contribution in [2.75, 3.05) is 33.4 Å². The number of hydrogen-bond acceptors (Lipinski definition) is 3. The van der Waals surface area contributed by atoms with E-state index in [-0.39, 0.29) is 0 Å². The molecular formula is C12H26N2OS. The molecule has 0 aliphatic carbocycles. The predicted molar refractivity (Wildman–Crippen MR) is 73.8 cm³/mol. The second kappa shape index (κ2) is 7.98. The van der Waals surface area contributed by atoms with Crippen LogP contribution in [0.15, 0.2) is 0 Å². The lowest BCUT2D eigenvalue weighted by Crippen LogP contribution is -2.33. The molecule has 0 saturated carbocycles. The van der Waals surface area contributed by atoms with E-state index in [1.54, 1.807) is 7.11 Å². The van der Waals surface area contributed by atoms with Gasteiger partial charge in [-0.15, -0.1) is 0 Å². The summed E-state index contributed by atoms with van der Waals surface area (Å²) in [7, 11) is 1.73. The highest BCUT2D eigenvalue weighted by atomic mass is 32.1. The third kappa shape index (κ3) is 10.3. The van der Waals surface area contributed by atoms with Crippen molar-refractivity contribution in [2.45, 2.75) is 33.6 Å². The zero-order chi connectivity index (χ0) is 12.6. The third-order valence-corrected chi connectivity index (χ3v) is 2.67. The first kappa shape index (κ1) is 15.8. The Morgan fingerprint density at radius 2 is 1.88 bits per heavy atom. The second-order valence-electron chi connectivity index (χ2n) is 5.36. The first-order valence-electron chi connectivity index (χ1n) is 5.85. The molecule has 0 aromatic carbocycles. The molecule has 0 heterocycles. The van der Waals surface area contributed by atoms with Crippen molar-refractivity contribution in [1.29, 1.82) is 0 Å². The Morgan fingerprint density at radius 1 is 1.25 bits per heavy atom. The largest absolute Gasteiger partial charge is 0.393 e. The number of methoxy groups -OCH3 is 1. The first-order valence-corrected chi connectivity index (χ1v) is 6.25. The van der Waals surface area contributed by atoms with Gasteiger partial charge in [0.05, 0.1) is 11.6 Å². The van der Waals surface area contributed by atoms with Gasteiger partial charge in [0.1, 0.15) is 0 Å².